The SMILES string of the molecule is CN=C(NCCCS(C)(=O)=O)NCCN1CCOCC1. The van der Waals surface area contributed by atoms with Crippen LogP contribution in [0.5, 0.6) is 0 Å². The van der Waals surface area contributed by atoms with Crippen molar-refractivity contribution in [3.05, 3.63) is 0 Å². The molecule has 1 aliphatic rings. The highest BCUT2D eigenvalue weighted by atomic mass is 32.2. The summed E-state index contributed by atoms with van der Waals surface area (Å²) in [5.41, 5.74) is 0. The van der Waals surface area contributed by atoms with Crippen LogP contribution >= 0.6 is 0 Å². The van der Waals surface area contributed by atoms with Crippen LogP contribution in [0.4, 0.5) is 0 Å². The van der Waals surface area contributed by atoms with Crippen molar-refractivity contribution in [1.82, 2.24) is 15.5 Å². The average Bonchev–Trinajstić information content (AvgIpc) is 2.41. The largest absolute Gasteiger partial charge is 0.379 e. The van der Waals surface area contributed by atoms with E-state index in [1.807, 2.05) is 0 Å². The molecule has 8 heteroatoms. The van der Waals surface area contributed by atoms with E-state index in [0.29, 0.717) is 18.9 Å². The maximum atomic E-state index is 11.0. The van der Waals surface area contributed by atoms with Crippen molar-refractivity contribution in [1.29, 1.82) is 0 Å². The molecule has 0 amide bonds. The summed E-state index contributed by atoms with van der Waals surface area (Å²) in [6.45, 7) is 5.92. The normalized spacial score (nSPS) is 18.0. The van der Waals surface area contributed by atoms with Crippen LogP contribution in [0.25, 0.3) is 0 Å². The zero-order valence-electron chi connectivity index (χ0n) is 12.4. The Morgan fingerprint density at radius 1 is 1.25 bits per heavy atom. The Hall–Kier alpha value is -0.860. The molecule has 1 fully saturated rings. The molecule has 20 heavy (non-hydrogen) atoms. The van der Waals surface area contributed by atoms with Gasteiger partial charge in [-0.3, -0.25) is 9.89 Å². The zero-order chi connectivity index (χ0) is 14.8. The predicted molar refractivity (Wildman–Crippen MR) is 81.0 cm³/mol. The molecule has 7 nitrogen and oxygen atoms in total. The molecule has 0 aliphatic carbocycles. The van der Waals surface area contributed by atoms with Crippen molar-refractivity contribution in [2.24, 2.45) is 4.99 Å². The lowest BCUT2D eigenvalue weighted by Crippen LogP contribution is -2.44. The van der Waals surface area contributed by atoms with Crippen molar-refractivity contribution in [3.8, 4) is 0 Å². The standard InChI is InChI=1S/C12H26N4O3S/c1-13-12(14-4-3-11-20(2,17)18)15-5-6-16-7-9-19-10-8-16/h3-11H2,1-2H3,(H2,13,14,15). The second kappa shape index (κ2) is 9.15. The van der Waals surface area contributed by atoms with E-state index in [1.165, 1.54) is 6.26 Å². The fraction of sp³-hybridized carbons (Fsp3) is 0.917. The highest BCUT2D eigenvalue weighted by Gasteiger charge is 2.09. The quantitative estimate of drug-likeness (QED) is 0.354. The van der Waals surface area contributed by atoms with Gasteiger partial charge in [-0.25, -0.2) is 8.42 Å². The first-order valence-corrected chi connectivity index (χ1v) is 8.99. The maximum Gasteiger partial charge on any atom is 0.191 e. The molecule has 2 N–H and O–H groups in total. The van der Waals surface area contributed by atoms with Crippen molar-refractivity contribution >= 4 is 15.8 Å². The van der Waals surface area contributed by atoms with E-state index in [-0.39, 0.29) is 5.75 Å². The predicted octanol–water partition coefficient (Wildman–Crippen LogP) is -1.08. The number of sulfone groups is 1. The van der Waals surface area contributed by atoms with Gasteiger partial charge in [0.25, 0.3) is 0 Å². The molecule has 0 aromatic heterocycles. The van der Waals surface area contributed by atoms with Gasteiger partial charge < -0.3 is 15.4 Å². The summed E-state index contributed by atoms with van der Waals surface area (Å²) in [6, 6.07) is 0. The van der Waals surface area contributed by atoms with E-state index >= 15 is 0 Å². The number of nitrogens with zero attached hydrogens (tertiary/aromatic N) is 2. The highest BCUT2D eigenvalue weighted by molar-refractivity contribution is 7.90. The number of hydrogen-bond donors (Lipinski definition) is 2. The van der Waals surface area contributed by atoms with Crippen LogP contribution in [-0.2, 0) is 14.6 Å². The molecule has 0 aromatic carbocycles. The first-order valence-electron chi connectivity index (χ1n) is 6.93. The molecular formula is C12H26N4O3S. The van der Waals surface area contributed by atoms with Crippen molar-refractivity contribution in [2.75, 3.05) is 65.0 Å². The highest BCUT2D eigenvalue weighted by Crippen LogP contribution is 1.94. The molecule has 0 saturated carbocycles. The van der Waals surface area contributed by atoms with Gasteiger partial charge in [0.1, 0.15) is 9.84 Å². The van der Waals surface area contributed by atoms with Crippen LogP contribution in [0.2, 0.25) is 0 Å². The van der Waals surface area contributed by atoms with Crippen LogP contribution < -0.4 is 10.6 Å². The van der Waals surface area contributed by atoms with Gasteiger partial charge in [-0.1, -0.05) is 0 Å². The Morgan fingerprint density at radius 3 is 2.50 bits per heavy atom. The minimum Gasteiger partial charge on any atom is -0.379 e. The fourth-order valence-corrected chi connectivity index (χ4v) is 2.59. The van der Waals surface area contributed by atoms with Crippen LogP contribution in [0, 0.1) is 0 Å². The number of nitrogens with one attached hydrogen (secondary N) is 2. The third-order valence-corrected chi connectivity index (χ3v) is 4.06. The van der Waals surface area contributed by atoms with E-state index in [9.17, 15) is 8.42 Å². The van der Waals surface area contributed by atoms with Crippen molar-refractivity contribution in [2.45, 2.75) is 6.42 Å². The average molecular weight is 306 g/mol. The summed E-state index contributed by atoms with van der Waals surface area (Å²) >= 11 is 0. The lowest BCUT2D eigenvalue weighted by molar-refractivity contribution is 0.0389. The number of morpholine rings is 1. The molecule has 0 aromatic rings. The molecule has 1 aliphatic heterocycles. The van der Waals surface area contributed by atoms with Crippen LogP contribution in [0.15, 0.2) is 4.99 Å². The van der Waals surface area contributed by atoms with Gasteiger partial charge in [0.2, 0.25) is 0 Å². The van der Waals surface area contributed by atoms with E-state index in [0.717, 1.165) is 39.4 Å². The van der Waals surface area contributed by atoms with Crippen LogP contribution in [0.3, 0.4) is 0 Å². The third-order valence-electron chi connectivity index (χ3n) is 3.03. The third kappa shape index (κ3) is 8.34. The molecule has 0 bridgehead atoms. The molecular weight excluding hydrogens is 280 g/mol. The van der Waals surface area contributed by atoms with Gasteiger partial charge in [-0.05, 0) is 6.42 Å². The van der Waals surface area contributed by atoms with Gasteiger partial charge in [0.15, 0.2) is 5.96 Å². The van der Waals surface area contributed by atoms with Gasteiger partial charge >= 0.3 is 0 Å². The summed E-state index contributed by atoms with van der Waals surface area (Å²) in [7, 11) is -1.17. The Balaban J connectivity index is 2.10. The first-order chi connectivity index (χ1) is 9.51. The molecule has 1 rings (SSSR count). The Morgan fingerprint density at radius 2 is 1.90 bits per heavy atom. The lowest BCUT2D eigenvalue weighted by atomic mass is 10.4. The van der Waals surface area contributed by atoms with Crippen molar-refractivity contribution < 1.29 is 13.2 Å². The zero-order valence-corrected chi connectivity index (χ0v) is 13.2. The van der Waals surface area contributed by atoms with Crippen LogP contribution in [-0.4, -0.2) is 84.3 Å². The Kier molecular flexibility index (Phi) is 7.86. The number of aliphatic imine (C=N–C) groups is 1. The number of hydrogen-bond acceptors (Lipinski definition) is 5. The molecule has 1 saturated heterocycles. The summed E-state index contributed by atoms with van der Waals surface area (Å²) in [5, 5.41) is 6.33. The molecule has 0 radical (unpaired) electrons. The fourth-order valence-electron chi connectivity index (χ4n) is 1.92. The van der Waals surface area contributed by atoms with E-state index in [1.54, 1.807) is 7.05 Å². The minimum atomic E-state index is -2.88. The topological polar surface area (TPSA) is 83.0 Å². The van der Waals surface area contributed by atoms with E-state index < -0.39 is 9.84 Å². The van der Waals surface area contributed by atoms with Gasteiger partial charge in [0.05, 0.1) is 19.0 Å². The summed E-state index contributed by atoms with van der Waals surface area (Å²) in [6.07, 6.45) is 1.84. The Labute approximate surface area is 121 Å². The van der Waals surface area contributed by atoms with Crippen molar-refractivity contribution in [3.63, 3.8) is 0 Å². The monoisotopic (exact) mass is 306 g/mol. The second-order valence-electron chi connectivity index (χ2n) is 4.86. The minimum absolute atomic E-state index is 0.199. The number of ether oxygens (including phenoxy) is 1. The first kappa shape index (κ1) is 17.2. The summed E-state index contributed by atoms with van der Waals surface area (Å²) < 4.78 is 27.3. The maximum absolute atomic E-state index is 11.0. The number of guanidine groups is 1. The molecule has 0 atom stereocenters. The molecule has 0 unspecified atom stereocenters. The van der Waals surface area contributed by atoms with E-state index in [4.69, 9.17) is 4.74 Å². The molecule has 1 heterocycles. The number of rotatable bonds is 7. The van der Waals surface area contributed by atoms with Crippen LogP contribution in [0.1, 0.15) is 6.42 Å². The lowest BCUT2D eigenvalue weighted by Gasteiger charge is -2.26. The summed E-state index contributed by atoms with van der Waals surface area (Å²) in [4.78, 5) is 6.45. The Bertz CT molecular complexity index is 392. The van der Waals surface area contributed by atoms with Gasteiger partial charge in [-0.15, -0.1) is 0 Å². The summed E-state index contributed by atoms with van der Waals surface area (Å²) in [5.74, 6) is 0.914. The molecule has 118 valence electrons. The smallest absolute Gasteiger partial charge is 0.191 e. The second-order valence-corrected chi connectivity index (χ2v) is 7.12. The van der Waals surface area contributed by atoms with Gasteiger partial charge in [-0.2, -0.15) is 0 Å². The molecule has 0 spiro atoms. The van der Waals surface area contributed by atoms with Gasteiger partial charge in [0, 0.05) is 46.0 Å². The van der Waals surface area contributed by atoms with E-state index in [2.05, 4.69) is 20.5 Å².